The number of rotatable bonds is 11. The molecule has 1 aromatic heterocycles. The maximum atomic E-state index is 11.6. The van der Waals surface area contributed by atoms with Crippen LogP contribution in [0.25, 0.3) is 11.0 Å². The standard InChI is InChI=1S/C26H34N2O2/c1-4-30-26(29)16-10-11-17-28-24-19-21(3)20(2)18-23(24)27-25(28)15-9-8-14-22-12-6-5-7-13-22/h5-7,12-13,18-19H,4,8-11,14-17H2,1-3H3. The fourth-order valence-corrected chi connectivity index (χ4v) is 3.90. The highest BCUT2D eigenvalue weighted by Gasteiger charge is 2.12. The monoisotopic (exact) mass is 406 g/mol. The second-order valence-corrected chi connectivity index (χ2v) is 8.06. The van der Waals surface area contributed by atoms with Crippen molar-refractivity contribution in [2.45, 2.75) is 72.3 Å². The number of carbonyl (C=O) groups is 1. The second-order valence-electron chi connectivity index (χ2n) is 8.06. The molecule has 0 spiro atoms. The zero-order valence-corrected chi connectivity index (χ0v) is 18.6. The molecule has 0 unspecified atom stereocenters. The first kappa shape index (κ1) is 22.1. The van der Waals surface area contributed by atoms with E-state index in [0.29, 0.717) is 13.0 Å². The van der Waals surface area contributed by atoms with Crippen LogP contribution >= 0.6 is 0 Å². The van der Waals surface area contributed by atoms with Gasteiger partial charge in [-0.1, -0.05) is 30.3 Å². The minimum Gasteiger partial charge on any atom is -0.466 e. The molecule has 3 aromatic rings. The van der Waals surface area contributed by atoms with Crippen LogP contribution in [0.5, 0.6) is 0 Å². The van der Waals surface area contributed by atoms with Gasteiger partial charge in [0.2, 0.25) is 0 Å². The summed E-state index contributed by atoms with van der Waals surface area (Å²) in [6.45, 7) is 7.51. The van der Waals surface area contributed by atoms with Crippen LogP contribution in [-0.2, 0) is 28.9 Å². The van der Waals surface area contributed by atoms with E-state index in [1.807, 2.05) is 6.92 Å². The molecule has 1 heterocycles. The number of aryl methyl sites for hydroxylation is 5. The van der Waals surface area contributed by atoms with Crippen molar-refractivity contribution in [1.29, 1.82) is 0 Å². The first-order valence-electron chi connectivity index (χ1n) is 11.2. The van der Waals surface area contributed by atoms with Crippen molar-refractivity contribution in [3.8, 4) is 0 Å². The number of hydrogen-bond donors (Lipinski definition) is 0. The Hall–Kier alpha value is -2.62. The molecule has 0 N–H and O–H groups in total. The quantitative estimate of drug-likeness (QED) is 0.292. The summed E-state index contributed by atoms with van der Waals surface area (Å²) in [6.07, 6.45) is 6.67. The number of benzene rings is 2. The van der Waals surface area contributed by atoms with Gasteiger partial charge in [0.25, 0.3) is 0 Å². The number of imidazole rings is 1. The Balaban J connectivity index is 1.65. The van der Waals surface area contributed by atoms with Crippen LogP contribution < -0.4 is 0 Å². The molecule has 0 aliphatic heterocycles. The summed E-state index contributed by atoms with van der Waals surface area (Å²) in [5, 5.41) is 0. The van der Waals surface area contributed by atoms with Crippen molar-refractivity contribution in [3.63, 3.8) is 0 Å². The van der Waals surface area contributed by atoms with Crippen LogP contribution in [0.4, 0.5) is 0 Å². The number of fused-ring (bicyclic) bond motifs is 1. The Morgan fingerprint density at radius 1 is 0.967 bits per heavy atom. The van der Waals surface area contributed by atoms with E-state index in [4.69, 9.17) is 9.72 Å². The van der Waals surface area contributed by atoms with Gasteiger partial charge < -0.3 is 9.30 Å². The summed E-state index contributed by atoms with van der Waals surface area (Å²) in [5.41, 5.74) is 6.28. The first-order valence-corrected chi connectivity index (χ1v) is 11.2. The highest BCUT2D eigenvalue weighted by Crippen LogP contribution is 2.23. The van der Waals surface area contributed by atoms with E-state index < -0.39 is 0 Å². The SMILES string of the molecule is CCOC(=O)CCCCn1c(CCCCc2ccccc2)nc2cc(C)c(C)cc21. The van der Waals surface area contributed by atoms with E-state index in [9.17, 15) is 4.79 Å². The minimum atomic E-state index is -0.0967. The number of hydrogen-bond acceptors (Lipinski definition) is 3. The lowest BCUT2D eigenvalue weighted by Crippen LogP contribution is -2.07. The van der Waals surface area contributed by atoms with E-state index in [2.05, 4.69) is 60.9 Å². The summed E-state index contributed by atoms with van der Waals surface area (Å²) in [4.78, 5) is 16.6. The molecule has 4 heteroatoms. The molecule has 0 radical (unpaired) electrons. The van der Waals surface area contributed by atoms with Crippen molar-refractivity contribution in [1.82, 2.24) is 9.55 Å². The molecule has 0 saturated carbocycles. The van der Waals surface area contributed by atoms with Crippen molar-refractivity contribution >= 4 is 17.0 Å². The van der Waals surface area contributed by atoms with Crippen LogP contribution in [-0.4, -0.2) is 22.1 Å². The Kier molecular flexibility index (Phi) is 8.06. The number of ether oxygens (including phenoxy) is 1. The Morgan fingerprint density at radius 3 is 2.47 bits per heavy atom. The summed E-state index contributed by atoms with van der Waals surface area (Å²) in [6, 6.07) is 15.1. The van der Waals surface area contributed by atoms with Crippen molar-refractivity contribution < 1.29 is 9.53 Å². The molecular weight excluding hydrogens is 372 g/mol. The third-order valence-electron chi connectivity index (χ3n) is 5.72. The van der Waals surface area contributed by atoms with Gasteiger partial charge in [-0.3, -0.25) is 4.79 Å². The molecule has 4 nitrogen and oxygen atoms in total. The van der Waals surface area contributed by atoms with Crippen molar-refractivity contribution in [3.05, 3.63) is 65.0 Å². The maximum absolute atomic E-state index is 11.6. The van der Waals surface area contributed by atoms with Gasteiger partial charge in [-0.05, 0) is 81.7 Å². The Bertz CT molecular complexity index is 960. The Labute approximate surface area is 180 Å². The highest BCUT2D eigenvalue weighted by atomic mass is 16.5. The molecule has 160 valence electrons. The minimum absolute atomic E-state index is 0.0967. The van der Waals surface area contributed by atoms with Gasteiger partial charge in [0, 0.05) is 19.4 Å². The lowest BCUT2D eigenvalue weighted by Gasteiger charge is -2.10. The van der Waals surface area contributed by atoms with Crippen LogP contribution in [0, 0.1) is 13.8 Å². The fraction of sp³-hybridized carbons (Fsp3) is 0.462. The number of carbonyl (C=O) groups excluding carboxylic acids is 1. The fourth-order valence-electron chi connectivity index (χ4n) is 3.90. The molecule has 0 saturated heterocycles. The summed E-state index contributed by atoms with van der Waals surface area (Å²) in [5.74, 6) is 1.07. The number of unbranched alkanes of at least 4 members (excludes halogenated alkanes) is 2. The van der Waals surface area contributed by atoms with Crippen LogP contribution in [0.1, 0.15) is 61.5 Å². The molecule has 0 aliphatic rings. The predicted octanol–water partition coefficient (Wildman–Crippen LogP) is 5.95. The third kappa shape index (κ3) is 5.94. The maximum Gasteiger partial charge on any atom is 0.305 e. The smallest absolute Gasteiger partial charge is 0.305 e. The number of esters is 1. The highest BCUT2D eigenvalue weighted by molar-refractivity contribution is 5.78. The molecule has 0 bridgehead atoms. The van der Waals surface area contributed by atoms with Gasteiger partial charge in [-0.15, -0.1) is 0 Å². The molecule has 0 aliphatic carbocycles. The lowest BCUT2D eigenvalue weighted by atomic mass is 10.1. The number of aromatic nitrogens is 2. The second kappa shape index (κ2) is 11.0. The largest absolute Gasteiger partial charge is 0.466 e. The molecule has 3 rings (SSSR count). The average Bonchev–Trinajstić information content (AvgIpc) is 3.06. The van der Waals surface area contributed by atoms with E-state index >= 15 is 0 Å². The van der Waals surface area contributed by atoms with Crippen LogP contribution in [0.2, 0.25) is 0 Å². The van der Waals surface area contributed by atoms with Crippen LogP contribution in [0.3, 0.4) is 0 Å². The van der Waals surface area contributed by atoms with Gasteiger partial charge in [0.1, 0.15) is 5.82 Å². The zero-order valence-electron chi connectivity index (χ0n) is 18.6. The van der Waals surface area contributed by atoms with Gasteiger partial charge in [-0.2, -0.15) is 0 Å². The molecule has 0 amide bonds. The van der Waals surface area contributed by atoms with E-state index in [1.165, 1.54) is 28.0 Å². The first-order chi connectivity index (χ1) is 14.6. The van der Waals surface area contributed by atoms with Crippen molar-refractivity contribution in [2.24, 2.45) is 0 Å². The predicted molar refractivity (Wildman–Crippen MR) is 123 cm³/mol. The zero-order chi connectivity index (χ0) is 21.3. The van der Waals surface area contributed by atoms with Crippen molar-refractivity contribution in [2.75, 3.05) is 6.61 Å². The van der Waals surface area contributed by atoms with Gasteiger partial charge >= 0.3 is 5.97 Å². The van der Waals surface area contributed by atoms with Gasteiger partial charge in [-0.25, -0.2) is 4.98 Å². The molecular formula is C26H34N2O2. The summed E-state index contributed by atoms with van der Waals surface area (Å²) < 4.78 is 7.42. The molecule has 2 aromatic carbocycles. The van der Waals surface area contributed by atoms with E-state index in [-0.39, 0.29) is 5.97 Å². The summed E-state index contributed by atoms with van der Waals surface area (Å²) >= 11 is 0. The van der Waals surface area contributed by atoms with E-state index in [1.54, 1.807) is 0 Å². The molecule has 0 fully saturated rings. The normalized spacial score (nSPS) is 11.2. The van der Waals surface area contributed by atoms with Gasteiger partial charge in [0.05, 0.1) is 17.6 Å². The lowest BCUT2D eigenvalue weighted by molar-refractivity contribution is -0.143. The van der Waals surface area contributed by atoms with Gasteiger partial charge in [0.15, 0.2) is 0 Å². The Morgan fingerprint density at radius 2 is 1.70 bits per heavy atom. The average molecular weight is 407 g/mol. The van der Waals surface area contributed by atoms with E-state index in [0.717, 1.165) is 50.6 Å². The molecule has 0 atom stereocenters. The summed E-state index contributed by atoms with van der Waals surface area (Å²) in [7, 11) is 0. The molecule has 30 heavy (non-hydrogen) atoms. The number of nitrogens with zero attached hydrogens (tertiary/aromatic N) is 2. The van der Waals surface area contributed by atoms with Crippen LogP contribution in [0.15, 0.2) is 42.5 Å². The topological polar surface area (TPSA) is 44.1 Å². The third-order valence-corrected chi connectivity index (χ3v) is 5.72.